The smallest absolute Gasteiger partial charge is 0.245 e. The Morgan fingerprint density at radius 2 is 1.85 bits per heavy atom. The maximum absolute atomic E-state index is 12.5. The standard InChI is InChI=1S/C14H20N2O3S/c1-2-20(18,19)15-13(12-8-4-3-5-9-12)14(17)16-10-6-7-11-16/h3-5,8-9,13,15H,2,6-7,10-11H2,1H3/t13-/m0/s1. The highest BCUT2D eigenvalue weighted by molar-refractivity contribution is 7.89. The summed E-state index contributed by atoms with van der Waals surface area (Å²) in [5.41, 5.74) is 0.682. The highest BCUT2D eigenvalue weighted by Crippen LogP contribution is 2.20. The Labute approximate surface area is 120 Å². The van der Waals surface area contributed by atoms with E-state index in [9.17, 15) is 13.2 Å². The minimum atomic E-state index is -3.44. The van der Waals surface area contributed by atoms with Crippen LogP contribution in [0, 0.1) is 0 Å². The zero-order chi connectivity index (χ0) is 14.6. The molecule has 0 radical (unpaired) electrons. The molecule has 1 heterocycles. The van der Waals surface area contributed by atoms with E-state index in [4.69, 9.17) is 0 Å². The topological polar surface area (TPSA) is 66.5 Å². The van der Waals surface area contributed by atoms with E-state index in [1.807, 2.05) is 6.07 Å². The number of carbonyl (C=O) groups excluding carboxylic acids is 1. The fourth-order valence-electron chi connectivity index (χ4n) is 2.29. The van der Waals surface area contributed by atoms with Crippen molar-refractivity contribution in [3.8, 4) is 0 Å². The van der Waals surface area contributed by atoms with Crippen LogP contribution in [0.3, 0.4) is 0 Å². The molecule has 1 atom stereocenters. The predicted octanol–water partition coefficient (Wildman–Crippen LogP) is 1.29. The number of nitrogens with zero attached hydrogens (tertiary/aromatic N) is 1. The third-order valence-electron chi connectivity index (χ3n) is 3.48. The summed E-state index contributed by atoms with van der Waals surface area (Å²) in [5.74, 6) is -0.199. The van der Waals surface area contributed by atoms with Gasteiger partial charge in [0, 0.05) is 13.1 Å². The molecular weight excluding hydrogens is 276 g/mol. The summed E-state index contributed by atoms with van der Waals surface area (Å²) in [7, 11) is -3.44. The average Bonchev–Trinajstić information content (AvgIpc) is 2.99. The fourth-order valence-corrected chi connectivity index (χ4v) is 3.05. The molecule has 1 amide bonds. The first-order valence-electron chi connectivity index (χ1n) is 6.87. The van der Waals surface area contributed by atoms with Crippen LogP contribution in [-0.2, 0) is 14.8 Å². The monoisotopic (exact) mass is 296 g/mol. The van der Waals surface area contributed by atoms with Gasteiger partial charge in [-0.25, -0.2) is 8.42 Å². The number of carbonyl (C=O) groups is 1. The number of amides is 1. The molecule has 5 nitrogen and oxygen atoms in total. The molecule has 0 spiro atoms. The van der Waals surface area contributed by atoms with Crippen molar-refractivity contribution in [1.29, 1.82) is 0 Å². The van der Waals surface area contributed by atoms with Crippen molar-refractivity contribution in [3.63, 3.8) is 0 Å². The highest BCUT2D eigenvalue weighted by atomic mass is 32.2. The lowest BCUT2D eigenvalue weighted by atomic mass is 10.1. The normalized spacial score (nSPS) is 17.1. The van der Waals surface area contributed by atoms with Crippen LogP contribution >= 0.6 is 0 Å². The van der Waals surface area contributed by atoms with E-state index in [-0.39, 0.29) is 11.7 Å². The minimum Gasteiger partial charge on any atom is -0.341 e. The van der Waals surface area contributed by atoms with Crippen molar-refractivity contribution >= 4 is 15.9 Å². The van der Waals surface area contributed by atoms with Crippen molar-refractivity contribution in [2.75, 3.05) is 18.8 Å². The van der Waals surface area contributed by atoms with Crippen LogP contribution in [0.15, 0.2) is 30.3 Å². The van der Waals surface area contributed by atoms with E-state index in [1.165, 1.54) is 0 Å². The van der Waals surface area contributed by atoms with E-state index in [0.717, 1.165) is 12.8 Å². The number of nitrogens with one attached hydrogen (secondary N) is 1. The number of hydrogen-bond donors (Lipinski definition) is 1. The molecule has 2 rings (SSSR count). The number of benzene rings is 1. The zero-order valence-electron chi connectivity index (χ0n) is 11.6. The van der Waals surface area contributed by atoms with Gasteiger partial charge in [0.2, 0.25) is 15.9 Å². The Hall–Kier alpha value is -1.40. The van der Waals surface area contributed by atoms with Gasteiger partial charge in [-0.05, 0) is 25.3 Å². The van der Waals surface area contributed by atoms with Crippen molar-refractivity contribution in [3.05, 3.63) is 35.9 Å². The van der Waals surface area contributed by atoms with Crippen molar-refractivity contribution < 1.29 is 13.2 Å². The van der Waals surface area contributed by atoms with Gasteiger partial charge < -0.3 is 4.90 Å². The third-order valence-corrected chi connectivity index (χ3v) is 4.83. The van der Waals surface area contributed by atoms with Gasteiger partial charge in [-0.3, -0.25) is 4.79 Å². The van der Waals surface area contributed by atoms with Gasteiger partial charge >= 0.3 is 0 Å². The summed E-state index contributed by atoms with van der Waals surface area (Å²) in [5, 5.41) is 0. The highest BCUT2D eigenvalue weighted by Gasteiger charge is 2.30. The van der Waals surface area contributed by atoms with Crippen LogP contribution in [0.2, 0.25) is 0 Å². The molecule has 6 heteroatoms. The summed E-state index contributed by atoms with van der Waals surface area (Å²) in [6.45, 7) is 2.97. The molecule has 1 aliphatic heterocycles. The summed E-state index contributed by atoms with van der Waals surface area (Å²) < 4.78 is 26.2. The molecule has 1 N–H and O–H groups in total. The first-order valence-corrected chi connectivity index (χ1v) is 8.52. The van der Waals surface area contributed by atoms with Crippen molar-refractivity contribution in [2.45, 2.75) is 25.8 Å². The lowest BCUT2D eigenvalue weighted by molar-refractivity contribution is -0.132. The number of rotatable bonds is 5. The molecule has 20 heavy (non-hydrogen) atoms. The molecule has 110 valence electrons. The Kier molecular flexibility index (Phi) is 4.77. The number of hydrogen-bond acceptors (Lipinski definition) is 3. The first kappa shape index (κ1) is 15.0. The maximum Gasteiger partial charge on any atom is 0.245 e. The molecule has 1 fully saturated rings. The van der Waals surface area contributed by atoms with E-state index in [2.05, 4.69) is 4.72 Å². The molecule has 1 aromatic carbocycles. The number of likely N-dealkylation sites (tertiary alicyclic amines) is 1. The Balaban J connectivity index is 2.26. The second-order valence-corrected chi connectivity index (χ2v) is 6.94. The van der Waals surface area contributed by atoms with Gasteiger partial charge in [0.1, 0.15) is 6.04 Å². The van der Waals surface area contributed by atoms with E-state index in [1.54, 1.807) is 36.1 Å². The van der Waals surface area contributed by atoms with Gasteiger partial charge in [0.25, 0.3) is 0 Å². The SMILES string of the molecule is CCS(=O)(=O)N[C@H](C(=O)N1CCCC1)c1ccccc1. The Morgan fingerprint density at radius 1 is 1.25 bits per heavy atom. The molecule has 0 unspecified atom stereocenters. The van der Waals surface area contributed by atoms with Gasteiger partial charge in [0.15, 0.2) is 0 Å². The van der Waals surface area contributed by atoms with Gasteiger partial charge in [-0.1, -0.05) is 30.3 Å². The molecular formula is C14H20N2O3S. The van der Waals surface area contributed by atoms with E-state index in [0.29, 0.717) is 18.7 Å². The van der Waals surface area contributed by atoms with Gasteiger partial charge in [0.05, 0.1) is 5.75 Å². The molecule has 1 aliphatic rings. The second kappa shape index (κ2) is 6.37. The number of sulfonamides is 1. The Bertz CT molecular complexity index is 551. The van der Waals surface area contributed by atoms with Crippen LogP contribution in [0.25, 0.3) is 0 Å². The third kappa shape index (κ3) is 3.58. The molecule has 0 saturated carbocycles. The van der Waals surface area contributed by atoms with Crippen LogP contribution in [0.1, 0.15) is 31.4 Å². The summed E-state index contributed by atoms with van der Waals surface area (Å²) >= 11 is 0. The predicted molar refractivity (Wildman–Crippen MR) is 77.6 cm³/mol. The van der Waals surface area contributed by atoms with Crippen LogP contribution < -0.4 is 4.72 Å². The quantitative estimate of drug-likeness (QED) is 0.890. The molecule has 1 aromatic rings. The van der Waals surface area contributed by atoms with E-state index < -0.39 is 16.1 Å². The average molecular weight is 296 g/mol. The lowest BCUT2D eigenvalue weighted by Crippen LogP contribution is -2.42. The fraction of sp³-hybridized carbons (Fsp3) is 0.500. The lowest BCUT2D eigenvalue weighted by Gasteiger charge is -2.24. The zero-order valence-corrected chi connectivity index (χ0v) is 12.4. The summed E-state index contributed by atoms with van der Waals surface area (Å²) in [4.78, 5) is 14.3. The van der Waals surface area contributed by atoms with Gasteiger partial charge in [-0.15, -0.1) is 0 Å². The van der Waals surface area contributed by atoms with Crippen LogP contribution in [0.4, 0.5) is 0 Å². The molecule has 0 aliphatic carbocycles. The molecule has 1 saturated heterocycles. The van der Waals surface area contributed by atoms with Crippen molar-refractivity contribution in [1.82, 2.24) is 9.62 Å². The molecule has 0 aromatic heterocycles. The van der Waals surface area contributed by atoms with Crippen molar-refractivity contribution in [2.24, 2.45) is 0 Å². The van der Waals surface area contributed by atoms with Crippen LogP contribution in [-0.4, -0.2) is 38.1 Å². The Morgan fingerprint density at radius 3 is 2.40 bits per heavy atom. The van der Waals surface area contributed by atoms with Gasteiger partial charge in [-0.2, -0.15) is 4.72 Å². The summed E-state index contributed by atoms with van der Waals surface area (Å²) in [6.07, 6.45) is 1.96. The van der Waals surface area contributed by atoms with E-state index >= 15 is 0 Å². The molecule has 0 bridgehead atoms. The first-order chi connectivity index (χ1) is 9.53. The minimum absolute atomic E-state index is 0.0381. The largest absolute Gasteiger partial charge is 0.341 e. The second-order valence-electron chi connectivity index (χ2n) is 4.90. The maximum atomic E-state index is 12.5. The van der Waals surface area contributed by atoms with Crippen LogP contribution in [0.5, 0.6) is 0 Å². The summed E-state index contributed by atoms with van der Waals surface area (Å²) in [6, 6.07) is 8.18.